The minimum absolute atomic E-state index is 0.149. The van der Waals surface area contributed by atoms with Crippen molar-refractivity contribution in [1.29, 1.82) is 0 Å². The summed E-state index contributed by atoms with van der Waals surface area (Å²) in [6.45, 7) is 4.01. The van der Waals surface area contributed by atoms with Crippen LogP contribution < -0.4 is 4.72 Å². The fourth-order valence-electron chi connectivity index (χ4n) is 2.13. The quantitative estimate of drug-likeness (QED) is 0.828. The van der Waals surface area contributed by atoms with Gasteiger partial charge in [0.25, 0.3) is 9.05 Å². The minimum atomic E-state index is -3.98. The Morgan fingerprint density at radius 1 is 1.29 bits per heavy atom. The Kier molecular flexibility index (Phi) is 4.38. The lowest BCUT2D eigenvalue weighted by atomic mass is 9.97. The lowest BCUT2D eigenvalue weighted by Gasteiger charge is -2.28. The molecule has 0 amide bonds. The molecule has 1 aromatic carbocycles. The maximum absolute atomic E-state index is 12.4. The summed E-state index contributed by atoms with van der Waals surface area (Å²) in [6.07, 6.45) is 0.271. The van der Waals surface area contributed by atoms with E-state index in [2.05, 4.69) is 4.72 Å². The molecule has 1 aromatic rings. The van der Waals surface area contributed by atoms with Gasteiger partial charge < -0.3 is 4.74 Å². The zero-order chi connectivity index (χ0) is 15.9. The lowest BCUT2D eigenvalue weighted by molar-refractivity contribution is 0.0957. The average Bonchev–Trinajstić information content (AvgIpc) is 2.67. The minimum Gasteiger partial charge on any atom is -0.376 e. The Hall–Kier alpha value is -0.670. The highest BCUT2D eigenvalue weighted by atomic mass is 35.7. The Balaban J connectivity index is 2.37. The van der Waals surface area contributed by atoms with Gasteiger partial charge in [0.2, 0.25) is 10.0 Å². The van der Waals surface area contributed by atoms with Gasteiger partial charge in [0.05, 0.1) is 21.4 Å². The number of benzene rings is 1. The van der Waals surface area contributed by atoms with Gasteiger partial charge in [-0.05, 0) is 38.5 Å². The van der Waals surface area contributed by atoms with Crippen LogP contribution in [-0.2, 0) is 23.8 Å². The maximum atomic E-state index is 12.4. The van der Waals surface area contributed by atoms with E-state index in [1.165, 1.54) is 18.2 Å². The first-order valence-electron chi connectivity index (χ1n) is 6.25. The summed E-state index contributed by atoms with van der Waals surface area (Å²) in [7, 11) is -2.62. The molecule has 2 rings (SSSR count). The highest BCUT2D eigenvalue weighted by Crippen LogP contribution is 2.28. The van der Waals surface area contributed by atoms with E-state index in [0.717, 1.165) is 6.07 Å². The molecule has 118 valence electrons. The van der Waals surface area contributed by atoms with Crippen LogP contribution in [0, 0.1) is 0 Å². The predicted octanol–water partition coefficient (Wildman–Crippen LogP) is 1.46. The first-order valence-corrected chi connectivity index (χ1v) is 10.0. The van der Waals surface area contributed by atoms with E-state index in [4.69, 9.17) is 15.4 Å². The van der Waals surface area contributed by atoms with Crippen molar-refractivity contribution < 1.29 is 21.6 Å². The normalized spacial score (nSPS) is 26.9. The van der Waals surface area contributed by atoms with Crippen LogP contribution in [0.4, 0.5) is 0 Å². The van der Waals surface area contributed by atoms with Gasteiger partial charge in [-0.3, -0.25) is 0 Å². The van der Waals surface area contributed by atoms with Crippen molar-refractivity contribution in [1.82, 2.24) is 4.72 Å². The third-order valence-electron chi connectivity index (χ3n) is 3.65. The smallest absolute Gasteiger partial charge is 0.261 e. The monoisotopic (exact) mass is 353 g/mol. The van der Waals surface area contributed by atoms with Crippen LogP contribution in [0.3, 0.4) is 0 Å². The molecule has 1 aliphatic heterocycles. The molecule has 1 N–H and O–H groups in total. The molecule has 0 bridgehead atoms. The second kappa shape index (κ2) is 5.51. The Morgan fingerprint density at radius 2 is 1.90 bits per heavy atom. The number of halogens is 1. The van der Waals surface area contributed by atoms with E-state index in [0.29, 0.717) is 13.0 Å². The van der Waals surface area contributed by atoms with E-state index in [-0.39, 0.29) is 15.9 Å². The summed E-state index contributed by atoms with van der Waals surface area (Å²) in [5.74, 6) is 0. The number of sulfonamides is 1. The molecule has 1 aliphatic rings. The van der Waals surface area contributed by atoms with E-state index in [1.54, 1.807) is 13.8 Å². The van der Waals surface area contributed by atoms with Gasteiger partial charge in [0, 0.05) is 17.3 Å². The molecule has 1 saturated heterocycles. The zero-order valence-electron chi connectivity index (χ0n) is 11.5. The largest absolute Gasteiger partial charge is 0.376 e. The van der Waals surface area contributed by atoms with Crippen LogP contribution in [0.2, 0.25) is 0 Å². The number of rotatable bonds is 4. The first-order chi connectivity index (χ1) is 9.55. The molecule has 1 heterocycles. The fraction of sp³-hybridized carbons (Fsp3) is 0.500. The highest BCUT2D eigenvalue weighted by Gasteiger charge is 2.40. The van der Waals surface area contributed by atoms with E-state index >= 15 is 0 Å². The number of hydrogen-bond donors (Lipinski definition) is 1. The van der Waals surface area contributed by atoms with Gasteiger partial charge in [-0.1, -0.05) is 6.07 Å². The highest BCUT2D eigenvalue weighted by molar-refractivity contribution is 8.13. The molecule has 0 saturated carbocycles. The molecule has 0 aliphatic carbocycles. The van der Waals surface area contributed by atoms with Crippen LogP contribution in [0.5, 0.6) is 0 Å². The van der Waals surface area contributed by atoms with Crippen molar-refractivity contribution in [2.24, 2.45) is 0 Å². The average molecular weight is 354 g/mol. The summed E-state index contributed by atoms with van der Waals surface area (Å²) in [5, 5.41) is 0. The SMILES string of the molecule is CC1OCCC1(C)NS(=O)(=O)c1cccc(S(=O)(=O)Cl)c1. The summed E-state index contributed by atoms with van der Waals surface area (Å²) in [6, 6.07) is 4.93. The van der Waals surface area contributed by atoms with Gasteiger partial charge in [-0.25, -0.2) is 21.6 Å². The molecule has 0 aromatic heterocycles. The van der Waals surface area contributed by atoms with Crippen LogP contribution in [-0.4, -0.2) is 35.1 Å². The fourth-order valence-corrected chi connectivity index (χ4v) is 4.54. The van der Waals surface area contributed by atoms with Crippen molar-refractivity contribution in [3.05, 3.63) is 24.3 Å². The molecule has 9 heteroatoms. The standard InChI is InChI=1S/C12H16ClNO5S2/c1-9-12(2,6-7-19-9)14-21(17,18)11-5-3-4-10(8-11)20(13,15)16/h3-5,8-9,14H,6-7H2,1-2H3. The third-order valence-corrected chi connectivity index (χ3v) is 6.61. The van der Waals surface area contributed by atoms with E-state index < -0.39 is 24.6 Å². The molecule has 2 atom stereocenters. The molecule has 6 nitrogen and oxygen atoms in total. The lowest BCUT2D eigenvalue weighted by Crippen LogP contribution is -2.50. The molecule has 0 radical (unpaired) electrons. The van der Waals surface area contributed by atoms with Crippen molar-refractivity contribution in [2.75, 3.05) is 6.61 Å². The summed E-state index contributed by atoms with van der Waals surface area (Å²) < 4.78 is 55.4. The third kappa shape index (κ3) is 3.57. The van der Waals surface area contributed by atoms with Crippen molar-refractivity contribution in [3.63, 3.8) is 0 Å². The number of nitrogens with one attached hydrogen (secondary N) is 1. The molecule has 0 spiro atoms. The Bertz CT molecular complexity index is 747. The van der Waals surface area contributed by atoms with E-state index in [9.17, 15) is 16.8 Å². The second-order valence-electron chi connectivity index (χ2n) is 5.20. The number of hydrogen-bond acceptors (Lipinski definition) is 5. The molecule has 1 fully saturated rings. The van der Waals surface area contributed by atoms with Crippen molar-refractivity contribution >= 4 is 29.8 Å². The molecular formula is C12H16ClNO5S2. The van der Waals surface area contributed by atoms with Crippen molar-refractivity contribution in [3.8, 4) is 0 Å². The zero-order valence-corrected chi connectivity index (χ0v) is 13.9. The van der Waals surface area contributed by atoms with Gasteiger partial charge in [0.15, 0.2) is 0 Å². The molecular weight excluding hydrogens is 338 g/mol. The van der Waals surface area contributed by atoms with Crippen LogP contribution >= 0.6 is 10.7 Å². The summed E-state index contributed by atoms with van der Waals surface area (Å²) in [5.41, 5.74) is -0.728. The van der Waals surface area contributed by atoms with Crippen LogP contribution in [0.1, 0.15) is 20.3 Å². The topological polar surface area (TPSA) is 89.5 Å². The number of ether oxygens (including phenoxy) is 1. The van der Waals surface area contributed by atoms with E-state index in [1.807, 2.05) is 0 Å². The maximum Gasteiger partial charge on any atom is 0.261 e. The summed E-state index contributed by atoms with van der Waals surface area (Å²) in [4.78, 5) is -0.405. The summed E-state index contributed by atoms with van der Waals surface area (Å²) >= 11 is 0. The predicted molar refractivity (Wildman–Crippen MR) is 78.2 cm³/mol. The van der Waals surface area contributed by atoms with Gasteiger partial charge in [0.1, 0.15) is 0 Å². The van der Waals surface area contributed by atoms with Crippen LogP contribution in [0.15, 0.2) is 34.1 Å². The molecule has 2 unspecified atom stereocenters. The molecule has 21 heavy (non-hydrogen) atoms. The Labute approximate surface area is 128 Å². The van der Waals surface area contributed by atoms with Gasteiger partial charge >= 0.3 is 0 Å². The second-order valence-corrected chi connectivity index (χ2v) is 9.45. The van der Waals surface area contributed by atoms with Gasteiger partial charge in [-0.2, -0.15) is 0 Å². The van der Waals surface area contributed by atoms with Gasteiger partial charge in [-0.15, -0.1) is 0 Å². The first kappa shape index (κ1) is 16.7. The van der Waals surface area contributed by atoms with Crippen molar-refractivity contribution in [2.45, 2.75) is 41.7 Å². The van der Waals surface area contributed by atoms with Crippen LogP contribution in [0.25, 0.3) is 0 Å². The Morgan fingerprint density at radius 3 is 2.43 bits per heavy atom.